The Morgan fingerprint density at radius 3 is 2.56 bits per heavy atom. The maximum atomic E-state index is 6.49. The predicted molar refractivity (Wildman–Crippen MR) is 130 cm³/mol. The van der Waals surface area contributed by atoms with Gasteiger partial charge in [0.2, 0.25) is 0 Å². The van der Waals surface area contributed by atoms with E-state index in [9.17, 15) is 0 Å². The zero-order valence-corrected chi connectivity index (χ0v) is 18.8. The lowest BCUT2D eigenvalue weighted by molar-refractivity contribution is 0.301. The highest BCUT2D eigenvalue weighted by Gasteiger charge is 2.12. The third-order valence-corrected chi connectivity index (χ3v) is 5.26. The van der Waals surface area contributed by atoms with Gasteiger partial charge in [-0.1, -0.05) is 24.6 Å². The zero-order valence-electron chi connectivity index (χ0n) is 18.1. The first-order chi connectivity index (χ1) is 15.6. The van der Waals surface area contributed by atoms with Gasteiger partial charge in [-0.15, -0.1) is 0 Å². The first-order valence-corrected chi connectivity index (χ1v) is 10.9. The van der Waals surface area contributed by atoms with E-state index in [1.807, 2.05) is 61.5 Å². The molecule has 2 aromatic heterocycles. The normalized spacial score (nSPS) is 10.8. The van der Waals surface area contributed by atoms with E-state index in [2.05, 4.69) is 17.2 Å². The molecule has 2 aromatic carbocycles. The van der Waals surface area contributed by atoms with Crippen LogP contribution >= 0.6 is 11.6 Å². The van der Waals surface area contributed by atoms with Crippen LogP contribution in [0.5, 0.6) is 11.5 Å². The Morgan fingerprint density at radius 2 is 1.84 bits per heavy atom. The number of halogens is 1. The highest BCUT2D eigenvalue weighted by atomic mass is 35.5. The SMILES string of the molecule is CCOc1cc2nc(CC)cc(Nc3ccc(OCc4ccccn4)c(Cl)c3)c2cc1N. The molecule has 0 saturated heterocycles. The molecule has 0 fully saturated rings. The standard InChI is InChI=1S/C25H25ClN4O2/c1-3-16-12-22(19-13-21(27)25(31-4-2)14-23(19)29-16)30-17-8-9-24(20(26)11-17)32-15-18-7-5-6-10-28-18/h5-14H,3-4,15,27H2,1-2H3,(H,29,30). The van der Waals surface area contributed by atoms with E-state index < -0.39 is 0 Å². The summed E-state index contributed by atoms with van der Waals surface area (Å²) in [5.74, 6) is 1.24. The van der Waals surface area contributed by atoms with Crippen LogP contribution in [0.15, 0.2) is 60.8 Å². The van der Waals surface area contributed by atoms with Crippen molar-refractivity contribution in [3.63, 3.8) is 0 Å². The number of nitrogens with zero attached hydrogens (tertiary/aromatic N) is 2. The molecule has 0 saturated carbocycles. The summed E-state index contributed by atoms with van der Waals surface area (Å²) in [5.41, 5.74) is 11.1. The Bertz CT molecular complexity index is 1230. The van der Waals surface area contributed by atoms with Crippen LogP contribution in [-0.4, -0.2) is 16.6 Å². The van der Waals surface area contributed by atoms with E-state index >= 15 is 0 Å². The summed E-state index contributed by atoms with van der Waals surface area (Å²) in [5, 5.41) is 4.88. The van der Waals surface area contributed by atoms with Gasteiger partial charge < -0.3 is 20.5 Å². The monoisotopic (exact) mass is 448 g/mol. The van der Waals surface area contributed by atoms with Crippen LogP contribution in [0.2, 0.25) is 5.02 Å². The molecule has 0 radical (unpaired) electrons. The number of aromatic nitrogens is 2. The molecule has 3 N–H and O–H groups in total. The number of hydrogen-bond donors (Lipinski definition) is 2. The summed E-state index contributed by atoms with van der Waals surface area (Å²) in [6.45, 7) is 4.90. The first-order valence-electron chi connectivity index (χ1n) is 10.5. The number of nitrogens with two attached hydrogens (primary N) is 1. The van der Waals surface area contributed by atoms with Crippen molar-refractivity contribution in [3.8, 4) is 11.5 Å². The summed E-state index contributed by atoms with van der Waals surface area (Å²) in [6.07, 6.45) is 2.54. The number of ether oxygens (including phenoxy) is 2. The maximum Gasteiger partial charge on any atom is 0.144 e. The Labute approximate surface area is 192 Å². The minimum atomic E-state index is 0.351. The van der Waals surface area contributed by atoms with Crippen molar-refractivity contribution in [2.45, 2.75) is 26.9 Å². The molecule has 0 bridgehead atoms. The third kappa shape index (κ3) is 4.86. The molecule has 0 amide bonds. The van der Waals surface area contributed by atoms with Crippen molar-refractivity contribution in [1.82, 2.24) is 9.97 Å². The fraction of sp³-hybridized carbons (Fsp3) is 0.200. The molecule has 0 atom stereocenters. The van der Waals surface area contributed by atoms with Crippen LogP contribution < -0.4 is 20.5 Å². The lowest BCUT2D eigenvalue weighted by atomic mass is 10.1. The Balaban J connectivity index is 1.61. The van der Waals surface area contributed by atoms with Crippen LogP contribution in [0.1, 0.15) is 25.2 Å². The molecule has 32 heavy (non-hydrogen) atoms. The number of rotatable bonds is 8. The molecule has 2 heterocycles. The van der Waals surface area contributed by atoms with Crippen LogP contribution in [0.25, 0.3) is 10.9 Å². The summed E-state index contributed by atoms with van der Waals surface area (Å²) in [4.78, 5) is 9.00. The topological polar surface area (TPSA) is 82.3 Å². The predicted octanol–water partition coefficient (Wildman–Crippen LogP) is 6.15. The Hall–Kier alpha value is -3.51. The van der Waals surface area contributed by atoms with Crippen molar-refractivity contribution in [2.24, 2.45) is 0 Å². The smallest absolute Gasteiger partial charge is 0.144 e. The Morgan fingerprint density at radius 1 is 0.969 bits per heavy atom. The van der Waals surface area contributed by atoms with E-state index in [-0.39, 0.29) is 0 Å². The fourth-order valence-electron chi connectivity index (χ4n) is 3.38. The van der Waals surface area contributed by atoms with Gasteiger partial charge in [-0.25, -0.2) is 0 Å². The minimum Gasteiger partial charge on any atom is -0.492 e. The van der Waals surface area contributed by atoms with Crippen LogP contribution in [0, 0.1) is 0 Å². The maximum absolute atomic E-state index is 6.49. The second kappa shape index (κ2) is 9.75. The van der Waals surface area contributed by atoms with Gasteiger partial charge in [0, 0.05) is 34.7 Å². The summed E-state index contributed by atoms with van der Waals surface area (Å²) in [7, 11) is 0. The number of benzene rings is 2. The second-order valence-corrected chi connectivity index (χ2v) is 7.64. The van der Waals surface area contributed by atoms with Crippen molar-refractivity contribution < 1.29 is 9.47 Å². The highest BCUT2D eigenvalue weighted by Crippen LogP contribution is 2.35. The number of anilines is 3. The van der Waals surface area contributed by atoms with Crippen molar-refractivity contribution in [2.75, 3.05) is 17.7 Å². The molecule has 0 aliphatic heterocycles. The van der Waals surface area contributed by atoms with Gasteiger partial charge in [0.05, 0.1) is 28.5 Å². The number of nitrogens with one attached hydrogen (secondary N) is 1. The molecule has 0 aliphatic carbocycles. The lowest BCUT2D eigenvalue weighted by Crippen LogP contribution is -2.01. The molecule has 164 valence electrons. The molecular weight excluding hydrogens is 424 g/mol. The van der Waals surface area contributed by atoms with Crippen LogP contribution in [0.4, 0.5) is 17.1 Å². The fourth-order valence-corrected chi connectivity index (χ4v) is 3.61. The zero-order chi connectivity index (χ0) is 22.5. The van der Waals surface area contributed by atoms with Gasteiger partial charge in [-0.2, -0.15) is 0 Å². The van der Waals surface area contributed by atoms with E-state index in [0.717, 1.165) is 40.1 Å². The summed E-state index contributed by atoms with van der Waals surface area (Å²) < 4.78 is 11.5. The first kappa shape index (κ1) is 21.7. The largest absolute Gasteiger partial charge is 0.492 e. The highest BCUT2D eigenvalue weighted by molar-refractivity contribution is 6.32. The van der Waals surface area contributed by atoms with E-state index in [0.29, 0.717) is 35.4 Å². The number of fused-ring (bicyclic) bond motifs is 1. The van der Waals surface area contributed by atoms with E-state index in [1.54, 1.807) is 6.20 Å². The molecule has 6 nitrogen and oxygen atoms in total. The number of pyridine rings is 2. The summed E-state index contributed by atoms with van der Waals surface area (Å²) >= 11 is 6.49. The van der Waals surface area contributed by atoms with Gasteiger partial charge in [0.15, 0.2) is 0 Å². The van der Waals surface area contributed by atoms with E-state index in [1.165, 1.54) is 0 Å². The molecule has 7 heteroatoms. The molecule has 0 unspecified atom stereocenters. The molecule has 0 spiro atoms. The van der Waals surface area contributed by atoms with Crippen molar-refractivity contribution in [1.29, 1.82) is 0 Å². The van der Waals surface area contributed by atoms with Crippen molar-refractivity contribution in [3.05, 3.63) is 77.2 Å². The lowest BCUT2D eigenvalue weighted by Gasteiger charge is -2.15. The van der Waals surface area contributed by atoms with Gasteiger partial charge in [0.1, 0.15) is 18.1 Å². The number of aryl methyl sites for hydroxylation is 1. The van der Waals surface area contributed by atoms with Crippen LogP contribution in [0.3, 0.4) is 0 Å². The van der Waals surface area contributed by atoms with Crippen molar-refractivity contribution >= 4 is 39.6 Å². The van der Waals surface area contributed by atoms with Gasteiger partial charge in [0.25, 0.3) is 0 Å². The van der Waals surface area contributed by atoms with Gasteiger partial charge >= 0.3 is 0 Å². The third-order valence-electron chi connectivity index (χ3n) is 4.97. The quantitative estimate of drug-likeness (QED) is 0.314. The molecule has 0 aliphatic rings. The average molecular weight is 449 g/mol. The average Bonchev–Trinajstić information content (AvgIpc) is 2.80. The second-order valence-electron chi connectivity index (χ2n) is 7.23. The molecule has 4 rings (SSSR count). The number of hydrogen-bond acceptors (Lipinski definition) is 6. The molecular formula is C25H25ClN4O2. The van der Waals surface area contributed by atoms with Crippen LogP contribution in [-0.2, 0) is 13.0 Å². The molecule has 4 aromatic rings. The minimum absolute atomic E-state index is 0.351. The Kier molecular flexibility index (Phi) is 6.61. The van der Waals surface area contributed by atoms with Gasteiger partial charge in [-0.3, -0.25) is 9.97 Å². The van der Waals surface area contributed by atoms with Gasteiger partial charge in [-0.05, 0) is 55.8 Å². The van der Waals surface area contributed by atoms with E-state index in [4.69, 9.17) is 31.8 Å². The summed E-state index contributed by atoms with van der Waals surface area (Å²) in [6, 6.07) is 17.1. The number of nitrogen functional groups attached to an aromatic ring is 1.